The average Bonchev–Trinajstić information content (AvgIpc) is 3.26. The number of nitrogens with one attached hydrogen (secondary N) is 1. The van der Waals surface area contributed by atoms with Gasteiger partial charge in [-0.2, -0.15) is 0 Å². The van der Waals surface area contributed by atoms with Crippen molar-refractivity contribution in [2.45, 2.75) is 32.4 Å². The Hall–Kier alpha value is -2.28. The lowest BCUT2D eigenvalue weighted by Crippen LogP contribution is -2.28. The molecule has 2 aromatic rings. The number of rotatable bonds is 7. The number of nitrogens with zero attached hydrogens (tertiary/aromatic N) is 4. The van der Waals surface area contributed by atoms with Gasteiger partial charge in [0.15, 0.2) is 0 Å². The predicted molar refractivity (Wildman–Crippen MR) is 80.1 cm³/mol. The van der Waals surface area contributed by atoms with Crippen LogP contribution in [0, 0.1) is 5.92 Å². The summed E-state index contributed by atoms with van der Waals surface area (Å²) in [6.07, 6.45) is 6.99. The molecule has 116 valence electrons. The molecule has 0 radical (unpaired) electrons. The van der Waals surface area contributed by atoms with E-state index >= 15 is 0 Å². The van der Waals surface area contributed by atoms with Gasteiger partial charge in [-0.05, 0) is 37.3 Å². The van der Waals surface area contributed by atoms with Crippen molar-refractivity contribution in [3.8, 4) is 0 Å². The normalized spacial score (nSPS) is 15.5. The molecule has 3 rings (SSSR count). The SMILES string of the molecule is CC(OCC1CC1)C(=O)Nc1ncn(Cc2cccnc2)n1. The first-order valence-electron chi connectivity index (χ1n) is 7.41. The third-order valence-electron chi connectivity index (χ3n) is 3.49. The van der Waals surface area contributed by atoms with E-state index in [1.165, 1.54) is 12.8 Å². The molecule has 1 saturated carbocycles. The highest BCUT2D eigenvalue weighted by atomic mass is 16.5. The predicted octanol–water partition coefficient (Wildman–Crippen LogP) is 1.47. The number of anilines is 1. The van der Waals surface area contributed by atoms with Gasteiger partial charge in [-0.3, -0.25) is 15.1 Å². The van der Waals surface area contributed by atoms with Crippen LogP contribution in [0.3, 0.4) is 0 Å². The van der Waals surface area contributed by atoms with Crippen LogP contribution in [0.1, 0.15) is 25.3 Å². The van der Waals surface area contributed by atoms with Gasteiger partial charge in [0, 0.05) is 12.4 Å². The lowest BCUT2D eigenvalue weighted by Gasteiger charge is -2.11. The van der Waals surface area contributed by atoms with Gasteiger partial charge in [0.25, 0.3) is 5.91 Å². The molecule has 1 aliphatic rings. The third-order valence-corrected chi connectivity index (χ3v) is 3.49. The third kappa shape index (κ3) is 4.11. The molecule has 1 unspecified atom stereocenters. The molecule has 0 aromatic carbocycles. The van der Waals surface area contributed by atoms with Gasteiger partial charge in [-0.1, -0.05) is 6.07 Å². The quantitative estimate of drug-likeness (QED) is 0.837. The molecule has 0 bridgehead atoms. The molecule has 0 aliphatic heterocycles. The van der Waals surface area contributed by atoms with Crippen LogP contribution in [0.25, 0.3) is 0 Å². The maximum absolute atomic E-state index is 12.0. The molecule has 1 N–H and O–H groups in total. The molecule has 2 aromatic heterocycles. The number of carbonyl (C=O) groups is 1. The zero-order valence-corrected chi connectivity index (χ0v) is 12.5. The Morgan fingerprint density at radius 2 is 2.41 bits per heavy atom. The van der Waals surface area contributed by atoms with E-state index in [1.54, 1.807) is 30.3 Å². The second-order valence-electron chi connectivity index (χ2n) is 5.54. The summed E-state index contributed by atoms with van der Waals surface area (Å²) in [4.78, 5) is 20.1. The molecule has 0 spiro atoms. The molecule has 1 aliphatic carbocycles. The van der Waals surface area contributed by atoms with Crippen LogP contribution in [0.15, 0.2) is 30.9 Å². The van der Waals surface area contributed by atoms with Crippen molar-refractivity contribution in [1.82, 2.24) is 19.7 Å². The summed E-state index contributed by atoms with van der Waals surface area (Å²) in [5.41, 5.74) is 1.02. The molecule has 1 atom stereocenters. The van der Waals surface area contributed by atoms with E-state index in [1.807, 2.05) is 12.1 Å². The number of hydrogen-bond acceptors (Lipinski definition) is 5. The molecule has 7 heteroatoms. The Morgan fingerprint density at radius 1 is 1.55 bits per heavy atom. The topological polar surface area (TPSA) is 81.9 Å². The van der Waals surface area contributed by atoms with Crippen molar-refractivity contribution >= 4 is 11.9 Å². The minimum Gasteiger partial charge on any atom is -0.368 e. The number of ether oxygens (including phenoxy) is 1. The van der Waals surface area contributed by atoms with Crippen molar-refractivity contribution in [3.63, 3.8) is 0 Å². The molecule has 1 fully saturated rings. The summed E-state index contributed by atoms with van der Waals surface area (Å²) in [5.74, 6) is 0.697. The van der Waals surface area contributed by atoms with Crippen LogP contribution in [-0.4, -0.2) is 38.4 Å². The van der Waals surface area contributed by atoms with Crippen LogP contribution in [-0.2, 0) is 16.1 Å². The standard InChI is InChI=1S/C15H19N5O2/c1-11(22-9-12-4-5-12)14(21)18-15-17-10-20(19-15)8-13-3-2-6-16-7-13/h2-3,6-7,10-12H,4-5,8-9H2,1H3,(H,18,19,21). The Balaban J connectivity index is 1.51. The number of pyridine rings is 1. The van der Waals surface area contributed by atoms with Gasteiger partial charge < -0.3 is 4.74 Å². The van der Waals surface area contributed by atoms with Crippen LogP contribution < -0.4 is 5.32 Å². The summed E-state index contributed by atoms with van der Waals surface area (Å²) in [5, 5.41) is 6.90. The monoisotopic (exact) mass is 301 g/mol. The van der Waals surface area contributed by atoms with Crippen LogP contribution in [0.5, 0.6) is 0 Å². The molecule has 7 nitrogen and oxygen atoms in total. The number of aromatic nitrogens is 4. The first-order chi connectivity index (χ1) is 10.7. The molecular formula is C15H19N5O2. The summed E-state index contributed by atoms with van der Waals surface area (Å²) >= 11 is 0. The Kier molecular flexibility index (Phi) is 4.43. The van der Waals surface area contributed by atoms with E-state index in [-0.39, 0.29) is 11.9 Å². The first-order valence-corrected chi connectivity index (χ1v) is 7.41. The van der Waals surface area contributed by atoms with Gasteiger partial charge in [0.2, 0.25) is 5.95 Å². The highest BCUT2D eigenvalue weighted by Crippen LogP contribution is 2.29. The molecule has 1 amide bonds. The Morgan fingerprint density at radius 3 is 3.14 bits per heavy atom. The first kappa shape index (κ1) is 14.6. The van der Waals surface area contributed by atoms with Crippen LogP contribution in [0.4, 0.5) is 5.95 Å². The van der Waals surface area contributed by atoms with Gasteiger partial charge in [-0.25, -0.2) is 9.67 Å². The zero-order chi connectivity index (χ0) is 15.4. The Labute approximate surface area is 128 Å². The van der Waals surface area contributed by atoms with E-state index < -0.39 is 6.10 Å². The fraction of sp³-hybridized carbons (Fsp3) is 0.467. The Bertz CT molecular complexity index is 624. The minimum absolute atomic E-state index is 0.222. The van der Waals surface area contributed by atoms with Gasteiger partial charge in [0.05, 0.1) is 13.2 Å². The van der Waals surface area contributed by atoms with Crippen LogP contribution >= 0.6 is 0 Å². The van der Waals surface area contributed by atoms with E-state index in [2.05, 4.69) is 20.4 Å². The number of carbonyl (C=O) groups excluding carboxylic acids is 1. The van der Waals surface area contributed by atoms with Gasteiger partial charge in [-0.15, -0.1) is 5.10 Å². The zero-order valence-electron chi connectivity index (χ0n) is 12.5. The summed E-state index contributed by atoms with van der Waals surface area (Å²) in [6.45, 7) is 2.95. The maximum Gasteiger partial charge on any atom is 0.255 e. The van der Waals surface area contributed by atoms with Crippen molar-refractivity contribution in [1.29, 1.82) is 0 Å². The maximum atomic E-state index is 12.0. The fourth-order valence-corrected chi connectivity index (χ4v) is 1.96. The molecule has 22 heavy (non-hydrogen) atoms. The van der Waals surface area contributed by atoms with Crippen molar-refractivity contribution in [3.05, 3.63) is 36.4 Å². The summed E-state index contributed by atoms with van der Waals surface area (Å²) in [7, 11) is 0. The van der Waals surface area contributed by atoms with Crippen molar-refractivity contribution in [2.75, 3.05) is 11.9 Å². The number of amides is 1. The second-order valence-corrected chi connectivity index (χ2v) is 5.54. The van der Waals surface area contributed by atoms with E-state index in [9.17, 15) is 4.79 Å². The van der Waals surface area contributed by atoms with E-state index in [0.717, 1.165) is 5.56 Å². The average molecular weight is 301 g/mol. The smallest absolute Gasteiger partial charge is 0.255 e. The van der Waals surface area contributed by atoms with Crippen molar-refractivity contribution in [2.24, 2.45) is 5.92 Å². The van der Waals surface area contributed by atoms with Crippen LogP contribution in [0.2, 0.25) is 0 Å². The largest absolute Gasteiger partial charge is 0.368 e. The molecule has 0 saturated heterocycles. The van der Waals surface area contributed by atoms with E-state index in [0.29, 0.717) is 19.1 Å². The molecule has 2 heterocycles. The lowest BCUT2D eigenvalue weighted by molar-refractivity contribution is -0.126. The van der Waals surface area contributed by atoms with E-state index in [4.69, 9.17) is 4.74 Å². The van der Waals surface area contributed by atoms with Gasteiger partial charge >= 0.3 is 0 Å². The molecular weight excluding hydrogens is 282 g/mol. The number of hydrogen-bond donors (Lipinski definition) is 1. The highest BCUT2D eigenvalue weighted by molar-refractivity contribution is 5.92. The second kappa shape index (κ2) is 6.65. The summed E-state index contributed by atoms with van der Waals surface area (Å²) < 4.78 is 7.17. The fourth-order valence-electron chi connectivity index (χ4n) is 1.96. The lowest BCUT2D eigenvalue weighted by atomic mass is 10.3. The van der Waals surface area contributed by atoms with Crippen molar-refractivity contribution < 1.29 is 9.53 Å². The summed E-state index contributed by atoms with van der Waals surface area (Å²) in [6, 6.07) is 3.83. The minimum atomic E-state index is -0.495. The highest BCUT2D eigenvalue weighted by Gasteiger charge is 2.24. The van der Waals surface area contributed by atoms with Gasteiger partial charge in [0.1, 0.15) is 12.4 Å².